The first-order valence-electron chi connectivity index (χ1n) is 7.68. The number of carboxylic acid groups (broad SMARTS) is 1. The van der Waals surface area contributed by atoms with Crippen LogP contribution in [-0.4, -0.2) is 36.1 Å². The van der Waals surface area contributed by atoms with Crippen LogP contribution in [-0.2, 0) is 7.05 Å². The van der Waals surface area contributed by atoms with E-state index >= 15 is 0 Å². The normalized spacial score (nSPS) is 12.0. The molecule has 0 aromatic carbocycles. The van der Waals surface area contributed by atoms with Crippen LogP contribution in [0.3, 0.4) is 0 Å². The first-order valence-corrected chi connectivity index (χ1v) is 9.25. The lowest BCUT2D eigenvalue weighted by atomic mass is 10.1. The van der Waals surface area contributed by atoms with Gasteiger partial charge in [0.25, 0.3) is 5.69 Å². The smallest absolute Gasteiger partial charge is 0.413 e. The molecule has 0 saturated heterocycles. The molecule has 0 radical (unpaired) electrons. The molecule has 3 aromatic rings. The van der Waals surface area contributed by atoms with Crippen molar-refractivity contribution >= 4 is 52.1 Å². The number of aryl methyl sites for hydroxylation is 1. The van der Waals surface area contributed by atoms with E-state index in [2.05, 4.69) is 15.3 Å². The minimum absolute atomic E-state index is 0.139. The van der Waals surface area contributed by atoms with Crippen molar-refractivity contribution in [3.05, 3.63) is 48.7 Å². The summed E-state index contributed by atoms with van der Waals surface area (Å²) < 4.78 is 2.08. The van der Waals surface area contributed by atoms with Gasteiger partial charge in [-0.05, 0) is 19.1 Å². The zero-order valence-electron chi connectivity index (χ0n) is 14.4. The van der Waals surface area contributed by atoms with Gasteiger partial charge in [-0.15, -0.1) is 16.4 Å². The summed E-state index contributed by atoms with van der Waals surface area (Å²) in [6, 6.07) is 3.53. The summed E-state index contributed by atoms with van der Waals surface area (Å²) in [6.45, 7) is 1.65. The predicted octanol–water partition coefficient (Wildman–Crippen LogP) is 4.40. The number of nitrogens with zero attached hydrogens (tertiary/aromatic N) is 6. The summed E-state index contributed by atoms with van der Waals surface area (Å²) in [5.41, 5.74) is 0.728. The second kappa shape index (κ2) is 7.70. The van der Waals surface area contributed by atoms with Crippen molar-refractivity contribution in [2.24, 2.45) is 7.05 Å². The van der Waals surface area contributed by atoms with Crippen LogP contribution in [0.25, 0.3) is 11.4 Å². The van der Waals surface area contributed by atoms with E-state index in [1.165, 1.54) is 23.9 Å². The lowest BCUT2D eigenvalue weighted by Crippen LogP contribution is -2.34. The van der Waals surface area contributed by atoms with Crippen molar-refractivity contribution in [1.29, 1.82) is 0 Å². The highest BCUT2D eigenvalue weighted by Crippen LogP contribution is 2.40. The SMILES string of the molecule is CC(c1cc(Cl)sc1Cl)N(C(=O)O)c1c(-c2ccc([N+](=O)[O-])cn2)nnn1C. The van der Waals surface area contributed by atoms with Crippen LogP contribution in [0.15, 0.2) is 24.4 Å². The molecule has 1 atom stereocenters. The fourth-order valence-corrected chi connectivity index (χ4v) is 4.27. The third kappa shape index (κ3) is 3.63. The second-order valence-corrected chi connectivity index (χ2v) is 7.94. The molecular formula is C15H12Cl2N6O4S. The average Bonchev–Trinajstić information content (AvgIpc) is 3.17. The molecule has 1 N–H and O–H groups in total. The molecule has 0 aliphatic rings. The van der Waals surface area contributed by atoms with Crippen molar-refractivity contribution in [1.82, 2.24) is 20.0 Å². The molecule has 3 heterocycles. The Morgan fingerprint density at radius 3 is 2.64 bits per heavy atom. The summed E-state index contributed by atoms with van der Waals surface area (Å²) in [6.07, 6.45) is -0.197. The third-order valence-corrected chi connectivity index (χ3v) is 5.47. The van der Waals surface area contributed by atoms with Gasteiger partial charge in [0, 0.05) is 18.7 Å². The number of carbonyl (C=O) groups is 1. The first kappa shape index (κ1) is 20.0. The van der Waals surface area contributed by atoms with Crippen LogP contribution in [0.1, 0.15) is 18.5 Å². The number of halogens is 2. The molecular weight excluding hydrogens is 431 g/mol. The number of thiophene rings is 1. The monoisotopic (exact) mass is 442 g/mol. The Labute approximate surface area is 172 Å². The molecule has 0 spiro atoms. The standard InChI is InChI=1S/C15H12Cl2N6O4S/c1-7(9-5-11(16)28-13(9)17)22(15(24)25)14-12(19-20-21(14)2)10-4-3-8(6-18-10)23(26)27/h3-7H,1-2H3,(H,24,25). The molecule has 1 amide bonds. The molecule has 13 heteroatoms. The highest BCUT2D eigenvalue weighted by atomic mass is 35.5. The maximum atomic E-state index is 12.1. The number of anilines is 1. The Morgan fingerprint density at radius 1 is 1.43 bits per heavy atom. The van der Waals surface area contributed by atoms with Crippen molar-refractivity contribution in [3.63, 3.8) is 0 Å². The van der Waals surface area contributed by atoms with E-state index in [1.807, 2.05) is 0 Å². The summed E-state index contributed by atoms with van der Waals surface area (Å²) >= 11 is 13.3. The minimum Gasteiger partial charge on any atom is -0.465 e. The summed E-state index contributed by atoms with van der Waals surface area (Å²) in [4.78, 5) is 27.4. The highest BCUT2D eigenvalue weighted by Gasteiger charge is 2.32. The lowest BCUT2D eigenvalue weighted by Gasteiger charge is -2.26. The van der Waals surface area contributed by atoms with E-state index in [9.17, 15) is 20.0 Å². The van der Waals surface area contributed by atoms with Crippen LogP contribution in [0.2, 0.25) is 8.67 Å². The maximum Gasteiger partial charge on any atom is 0.413 e. The number of rotatable bonds is 5. The van der Waals surface area contributed by atoms with Gasteiger partial charge in [0.2, 0.25) is 0 Å². The molecule has 0 saturated carbocycles. The average molecular weight is 443 g/mol. The van der Waals surface area contributed by atoms with Crippen LogP contribution >= 0.6 is 34.5 Å². The molecule has 28 heavy (non-hydrogen) atoms. The molecule has 3 rings (SSSR count). The molecule has 0 bridgehead atoms. The van der Waals surface area contributed by atoms with Gasteiger partial charge in [-0.25, -0.2) is 14.5 Å². The van der Waals surface area contributed by atoms with Gasteiger partial charge in [-0.1, -0.05) is 28.4 Å². The summed E-state index contributed by atoms with van der Waals surface area (Å²) in [5, 5.41) is 28.6. The van der Waals surface area contributed by atoms with E-state index in [0.717, 1.165) is 22.4 Å². The Kier molecular flexibility index (Phi) is 5.49. The zero-order valence-corrected chi connectivity index (χ0v) is 16.7. The fraction of sp³-hybridized carbons (Fsp3) is 0.200. The highest BCUT2D eigenvalue weighted by molar-refractivity contribution is 7.20. The van der Waals surface area contributed by atoms with Gasteiger partial charge < -0.3 is 5.11 Å². The topological polar surface area (TPSA) is 127 Å². The van der Waals surface area contributed by atoms with Crippen molar-refractivity contribution in [2.45, 2.75) is 13.0 Å². The predicted molar refractivity (Wildman–Crippen MR) is 104 cm³/mol. The second-order valence-electron chi connectivity index (χ2n) is 5.65. The molecule has 0 aliphatic carbocycles. The van der Waals surface area contributed by atoms with Gasteiger partial charge >= 0.3 is 6.09 Å². The molecule has 0 fully saturated rings. The Hall–Kier alpha value is -2.76. The van der Waals surface area contributed by atoms with Crippen molar-refractivity contribution in [2.75, 3.05) is 4.90 Å². The van der Waals surface area contributed by atoms with E-state index in [-0.39, 0.29) is 22.9 Å². The van der Waals surface area contributed by atoms with Crippen molar-refractivity contribution in [3.8, 4) is 11.4 Å². The summed E-state index contributed by atoms with van der Waals surface area (Å²) in [7, 11) is 1.53. The molecule has 0 aliphatic heterocycles. The van der Waals surface area contributed by atoms with Gasteiger partial charge in [-0.3, -0.25) is 15.0 Å². The van der Waals surface area contributed by atoms with E-state index in [0.29, 0.717) is 14.2 Å². The van der Waals surface area contributed by atoms with Gasteiger partial charge in [0.1, 0.15) is 6.20 Å². The Morgan fingerprint density at radius 2 is 2.14 bits per heavy atom. The number of nitro groups is 1. The number of pyridine rings is 1. The van der Waals surface area contributed by atoms with Crippen LogP contribution in [0.5, 0.6) is 0 Å². The van der Waals surface area contributed by atoms with E-state index in [4.69, 9.17) is 23.2 Å². The van der Waals surface area contributed by atoms with Crippen molar-refractivity contribution < 1.29 is 14.8 Å². The lowest BCUT2D eigenvalue weighted by molar-refractivity contribution is -0.385. The van der Waals surface area contributed by atoms with Gasteiger partial charge in [0.15, 0.2) is 11.5 Å². The first-order chi connectivity index (χ1) is 13.2. The van der Waals surface area contributed by atoms with Gasteiger partial charge in [-0.2, -0.15) is 0 Å². The Balaban J connectivity index is 2.10. The number of amides is 1. The number of hydrogen-bond acceptors (Lipinski definition) is 7. The number of aromatic nitrogens is 4. The number of hydrogen-bond donors (Lipinski definition) is 1. The minimum atomic E-state index is -1.26. The van der Waals surface area contributed by atoms with Crippen LogP contribution in [0, 0.1) is 10.1 Å². The molecule has 3 aromatic heterocycles. The largest absolute Gasteiger partial charge is 0.465 e. The van der Waals surface area contributed by atoms with E-state index < -0.39 is 17.1 Å². The molecule has 10 nitrogen and oxygen atoms in total. The maximum absolute atomic E-state index is 12.1. The quantitative estimate of drug-likeness (QED) is 0.457. The third-order valence-electron chi connectivity index (χ3n) is 3.95. The fourth-order valence-electron chi connectivity index (χ4n) is 2.64. The zero-order chi connectivity index (χ0) is 20.6. The van der Waals surface area contributed by atoms with Crippen LogP contribution < -0.4 is 4.90 Å². The Bertz CT molecular complexity index is 1050. The van der Waals surface area contributed by atoms with Crippen LogP contribution in [0.4, 0.5) is 16.3 Å². The van der Waals surface area contributed by atoms with Gasteiger partial charge in [0.05, 0.1) is 25.3 Å². The molecule has 146 valence electrons. The molecule has 1 unspecified atom stereocenters. The van der Waals surface area contributed by atoms with E-state index in [1.54, 1.807) is 13.0 Å². The summed E-state index contributed by atoms with van der Waals surface area (Å²) in [5.74, 6) is 0.139.